The van der Waals surface area contributed by atoms with Crippen molar-refractivity contribution < 1.29 is 19.4 Å². The number of aromatic carboxylic acids is 1. The third-order valence-corrected chi connectivity index (χ3v) is 5.70. The van der Waals surface area contributed by atoms with E-state index in [0.29, 0.717) is 17.6 Å². The van der Waals surface area contributed by atoms with Gasteiger partial charge >= 0.3 is 11.9 Å². The number of carboxylic acid groups (broad SMARTS) is 1. The average molecular weight is 429 g/mol. The van der Waals surface area contributed by atoms with E-state index in [9.17, 15) is 14.7 Å². The van der Waals surface area contributed by atoms with Gasteiger partial charge in [0.15, 0.2) is 11.3 Å². The van der Waals surface area contributed by atoms with E-state index in [0.717, 1.165) is 33.7 Å². The highest BCUT2D eigenvalue weighted by Gasteiger charge is 2.21. The van der Waals surface area contributed by atoms with E-state index in [4.69, 9.17) is 9.72 Å². The van der Waals surface area contributed by atoms with Crippen molar-refractivity contribution in [3.05, 3.63) is 76.7 Å². The number of imidazole rings is 1. The summed E-state index contributed by atoms with van der Waals surface area (Å²) in [5, 5.41) is 9.50. The molecule has 1 N–H and O–H groups in total. The minimum atomic E-state index is -0.969. The second kappa shape index (κ2) is 8.26. The number of ether oxygens (including phenoxy) is 1. The van der Waals surface area contributed by atoms with E-state index in [1.54, 1.807) is 18.2 Å². The Labute approximate surface area is 185 Å². The van der Waals surface area contributed by atoms with Crippen LogP contribution in [0.25, 0.3) is 28.0 Å². The number of aromatic nitrogens is 3. The summed E-state index contributed by atoms with van der Waals surface area (Å²) in [4.78, 5) is 33.3. The summed E-state index contributed by atoms with van der Waals surface area (Å²) in [6.45, 7) is 5.78. The predicted octanol–water partition coefficient (Wildman–Crippen LogP) is 4.75. The molecule has 0 spiro atoms. The smallest absolute Gasteiger partial charge is 0.357 e. The van der Waals surface area contributed by atoms with Gasteiger partial charge in [-0.1, -0.05) is 37.3 Å². The van der Waals surface area contributed by atoms with Gasteiger partial charge in [-0.3, -0.25) is 4.57 Å². The van der Waals surface area contributed by atoms with Crippen molar-refractivity contribution in [1.29, 1.82) is 0 Å². The molecule has 0 aliphatic heterocycles. The van der Waals surface area contributed by atoms with Crippen molar-refractivity contribution in [2.45, 2.75) is 27.2 Å². The number of rotatable bonds is 5. The summed E-state index contributed by atoms with van der Waals surface area (Å²) in [5.74, 6) is -0.640. The normalized spacial score (nSPS) is 11.0. The molecule has 7 heteroatoms. The van der Waals surface area contributed by atoms with Crippen molar-refractivity contribution in [2.75, 3.05) is 7.11 Å². The Bertz CT molecular complexity index is 1350. The molecule has 0 aliphatic rings. The van der Waals surface area contributed by atoms with Gasteiger partial charge in [0.1, 0.15) is 11.3 Å². The number of esters is 1. The molecule has 0 amide bonds. The highest BCUT2D eigenvalue weighted by molar-refractivity contribution is 5.96. The number of carbonyl (C=O) groups is 2. The van der Waals surface area contributed by atoms with Crippen LogP contribution in [-0.2, 0) is 11.2 Å². The molecule has 0 fully saturated rings. The van der Waals surface area contributed by atoms with Gasteiger partial charge in [-0.2, -0.15) is 0 Å². The van der Waals surface area contributed by atoms with Crippen molar-refractivity contribution in [2.24, 2.45) is 0 Å². The van der Waals surface area contributed by atoms with E-state index in [1.807, 2.05) is 55.7 Å². The maximum Gasteiger partial charge on any atom is 0.357 e. The molecule has 0 bridgehead atoms. The summed E-state index contributed by atoms with van der Waals surface area (Å²) in [6.07, 6.45) is 0.673. The maximum atomic E-state index is 12.3. The first-order valence-electron chi connectivity index (χ1n) is 10.3. The Kier molecular flexibility index (Phi) is 5.48. The molecule has 0 aliphatic carbocycles. The number of hydrogen-bond donors (Lipinski definition) is 1. The highest BCUT2D eigenvalue weighted by Crippen LogP contribution is 2.29. The fourth-order valence-electron chi connectivity index (χ4n) is 3.87. The molecule has 2 aromatic heterocycles. The third kappa shape index (κ3) is 3.41. The van der Waals surface area contributed by atoms with Gasteiger partial charge in [0.25, 0.3) is 0 Å². The van der Waals surface area contributed by atoms with Crippen LogP contribution in [0.3, 0.4) is 0 Å². The van der Waals surface area contributed by atoms with E-state index >= 15 is 0 Å². The zero-order valence-corrected chi connectivity index (χ0v) is 18.3. The largest absolute Gasteiger partial charge is 0.478 e. The molecule has 0 saturated heterocycles. The Morgan fingerprint density at radius 2 is 1.69 bits per heavy atom. The molecular weight excluding hydrogens is 406 g/mol. The first kappa shape index (κ1) is 21.2. The summed E-state index contributed by atoms with van der Waals surface area (Å²) in [7, 11) is 1.34. The van der Waals surface area contributed by atoms with E-state index in [-0.39, 0.29) is 11.3 Å². The molecule has 2 heterocycles. The van der Waals surface area contributed by atoms with Crippen LogP contribution in [-0.4, -0.2) is 38.7 Å². The number of fused-ring (bicyclic) bond motifs is 1. The molecule has 0 atom stereocenters. The van der Waals surface area contributed by atoms with Crippen LogP contribution >= 0.6 is 0 Å². The van der Waals surface area contributed by atoms with E-state index in [1.165, 1.54) is 7.11 Å². The zero-order valence-electron chi connectivity index (χ0n) is 18.3. The topological polar surface area (TPSA) is 94.3 Å². The summed E-state index contributed by atoms with van der Waals surface area (Å²) >= 11 is 0. The summed E-state index contributed by atoms with van der Waals surface area (Å²) in [5.41, 5.74) is 5.75. The molecular formula is C25H23N3O4. The number of carboxylic acids is 1. The predicted molar refractivity (Wildman–Crippen MR) is 121 cm³/mol. The van der Waals surface area contributed by atoms with Gasteiger partial charge in [0.2, 0.25) is 0 Å². The van der Waals surface area contributed by atoms with Crippen LogP contribution in [0.5, 0.6) is 0 Å². The quantitative estimate of drug-likeness (QED) is 0.460. The van der Waals surface area contributed by atoms with Gasteiger partial charge in [-0.05, 0) is 54.3 Å². The SMILES string of the molecule is CCc1nc2c(C)c(C)c(C(=O)OC)nc2n1-c1ccc(-c2ccccc2C(=O)O)cc1. The fraction of sp³-hybridized carbons (Fsp3) is 0.200. The number of pyridine rings is 1. The molecule has 2 aromatic carbocycles. The number of nitrogens with zero attached hydrogens (tertiary/aromatic N) is 3. The highest BCUT2D eigenvalue weighted by atomic mass is 16.5. The van der Waals surface area contributed by atoms with Crippen LogP contribution in [0.4, 0.5) is 0 Å². The molecule has 7 nitrogen and oxygen atoms in total. The van der Waals surface area contributed by atoms with Crippen LogP contribution < -0.4 is 0 Å². The van der Waals surface area contributed by atoms with Crippen LogP contribution in [0, 0.1) is 13.8 Å². The minimum absolute atomic E-state index is 0.248. The number of hydrogen-bond acceptors (Lipinski definition) is 5. The standard InChI is InChI=1S/C25H23N3O4/c1-5-20-26-21-14(2)15(3)22(25(31)32-4)27-23(21)28(20)17-12-10-16(11-13-17)18-8-6-7-9-19(18)24(29)30/h6-13H,5H2,1-4H3,(H,29,30). The maximum absolute atomic E-state index is 12.3. The fourth-order valence-corrected chi connectivity index (χ4v) is 3.87. The second-order valence-corrected chi connectivity index (χ2v) is 7.49. The van der Waals surface area contributed by atoms with Gasteiger partial charge in [-0.15, -0.1) is 0 Å². The molecule has 4 rings (SSSR count). The molecule has 162 valence electrons. The van der Waals surface area contributed by atoms with Gasteiger partial charge in [-0.25, -0.2) is 19.6 Å². The van der Waals surface area contributed by atoms with Crippen LogP contribution in [0.2, 0.25) is 0 Å². The Morgan fingerprint density at radius 1 is 1.00 bits per heavy atom. The first-order valence-corrected chi connectivity index (χ1v) is 10.3. The third-order valence-electron chi connectivity index (χ3n) is 5.70. The van der Waals surface area contributed by atoms with Gasteiger partial charge in [0.05, 0.1) is 12.7 Å². The van der Waals surface area contributed by atoms with Crippen molar-refractivity contribution in [1.82, 2.24) is 14.5 Å². The Balaban J connectivity index is 1.89. The molecule has 32 heavy (non-hydrogen) atoms. The van der Waals surface area contributed by atoms with Crippen molar-refractivity contribution in [3.63, 3.8) is 0 Å². The molecule has 0 unspecified atom stereocenters. The number of benzene rings is 2. The molecule has 0 saturated carbocycles. The first-order chi connectivity index (χ1) is 15.4. The monoisotopic (exact) mass is 429 g/mol. The number of aryl methyl sites for hydroxylation is 2. The van der Waals surface area contributed by atoms with E-state index < -0.39 is 11.9 Å². The lowest BCUT2D eigenvalue weighted by atomic mass is 9.99. The Hall–Kier alpha value is -4.00. The number of methoxy groups -OCH3 is 1. The lowest BCUT2D eigenvalue weighted by molar-refractivity contribution is 0.0592. The summed E-state index contributed by atoms with van der Waals surface area (Å²) < 4.78 is 6.85. The van der Waals surface area contributed by atoms with Gasteiger partial charge < -0.3 is 9.84 Å². The minimum Gasteiger partial charge on any atom is -0.478 e. The number of carbonyl (C=O) groups excluding carboxylic acids is 1. The average Bonchev–Trinajstić information content (AvgIpc) is 3.19. The van der Waals surface area contributed by atoms with Gasteiger partial charge in [0, 0.05) is 12.1 Å². The zero-order chi connectivity index (χ0) is 23.0. The molecule has 0 radical (unpaired) electrons. The lowest BCUT2D eigenvalue weighted by Crippen LogP contribution is -2.10. The lowest BCUT2D eigenvalue weighted by Gasteiger charge is -2.12. The van der Waals surface area contributed by atoms with Crippen molar-refractivity contribution in [3.8, 4) is 16.8 Å². The molecule has 4 aromatic rings. The second-order valence-electron chi connectivity index (χ2n) is 7.49. The van der Waals surface area contributed by atoms with Crippen LogP contribution in [0.15, 0.2) is 48.5 Å². The Morgan fingerprint density at radius 3 is 2.31 bits per heavy atom. The van der Waals surface area contributed by atoms with Crippen molar-refractivity contribution >= 4 is 23.1 Å². The van der Waals surface area contributed by atoms with E-state index in [2.05, 4.69) is 4.98 Å². The summed E-state index contributed by atoms with van der Waals surface area (Å²) in [6, 6.07) is 14.5. The van der Waals surface area contributed by atoms with Crippen LogP contribution in [0.1, 0.15) is 44.7 Å².